The van der Waals surface area contributed by atoms with E-state index in [4.69, 9.17) is 4.74 Å². The number of halogens is 3. The van der Waals surface area contributed by atoms with Gasteiger partial charge < -0.3 is 14.5 Å². The minimum absolute atomic E-state index is 0.0402. The molecular formula is C27H22F3N3O2. The number of fused-ring (bicyclic) bond motifs is 1. The molecule has 0 bridgehead atoms. The number of carbonyl (C=O) groups is 1. The van der Waals surface area contributed by atoms with E-state index >= 15 is 0 Å². The number of carbonyl (C=O) groups excluding carboxylic acids is 1. The summed E-state index contributed by atoms with van der Waals surface area (Å²) in [5.74, 6) is 1.68. The fourth-order valence-corrected chi connectivity index (χ4v) is 4.18. The lowest BCUT2D eigenvalue weighted by atomic mass is 10.0. The number of rotatable bonds is 4. The zero-order valence-electron chi connectivity index (χ0n) is 18.7. The smallest absolute Gasteiger partial charge is 0.416 e. The van der Waals surface area contributed by atoms with Crippen molar-refractivity contribution in [3.05, 3.63) is 96.2 Å². The van der Waals surface area contributed by atoms with Gasteiger partial charge in [-0.25, -0.2) is 4.98 Å². The van der Waals surface area contributed by atoms with Gasteiger partial charge in [-0.3, -0.25) is 4.79 Å². The molecule has 0 N–H and O–H groups in total. The van der Waals surface area contributed by atoms with Crippen molar-refractivity contribution in [1.29, 1.82) is 0 Å². The first-order valence-corrected chi connectivity index (χ1v) is 11.2. The van der Waals surface area contributed by atoms with E-state index in [1.54, 1.807) is 24.4 Å². The first-order valence-electron chi connectivity index (χ1n) is 11.2. The Kier molecular flexibility index (Phi) is 6.03. The summed E-state index contributed by atoms with van der Waals surface area (Å²) < 4.78 is 44.3. The highest BCUT2D eigenvalue weighted by atomic mass is 19.4. The van der Waals surface area contributed by atoms with Crippen LogP contribution in [0, 0.1) is 0 Å². The van der Waals surface area contributed by atoms with Crippen LogP contribution < -0.4 is 9.64 Å². The summed E-state index contributed by atoms with van der Waals surface area (Å²) in [6.45, 7) is 2.62. The fourth-order valence-electron chi connectivity index (χ4n) is 4.18. The average Bonchev–Trinajstić information content (AvgIpc) is 2.88. The second kappa shape index (κ2) is 9.29. The molecule has 4 aromatic rings. The Bertz CT molecular complexity index is 1330. The lowest BCUT2D eigenvalue weighted by Crippen LogP contribution is -2.49. The van der Waals surface area contributed by atoms with Gasteiger partial charge in [0.2, 0.25) is 0 Å². The van der Waals surface area contributed by atoms with Crippen LogP contribution in [0.2, 0.25) is 0 Å². The second-order valence-electron chi connectivity index (χ2n) is 8.28. The highest BCUT2D eigenvalue weighted by Crippen LogP contribution is 2.34. The molecule has 3 aromatic carbocycles. The average molecular weight is 477 g/mol. The Hall–Kier alpha value is -4.07. The molecule has 1 aliphatic heterocycles. The van der Waals surface area contributed by atoms with Crippen molar-refractivity contribution in [2.45, 2.75) is 6.18 Å². The number of amides is 1. The number of aromatic nitrogens is 1. The van der Waals surface area contributed by atoms with E-state index in [-0.39, 0.29) is 5.91 Å². The van der Waals surface area contributed by atoms with Crippen molar-refractivity contribution in [2.75, 3.05) is 31.1 Å². The molecule has 0 spiro atoms. The molecule has 1 fully saturated rings. The van der Waals surface area contributed by atoms with Crippen LogP contribution in [0.25, 0.3) is 10.8 Å². The van der Waals surface area contributed by atoms with Gasteiger partial charge in [0, 0.05) is 43.3 Å². The highest BCUT2D eigenvalue weighted by Gasteiger charge is 2.30. The maximum absolute atomic E-state index is 13.1. The number of pyridine rings is 1. The van der Waals surface area contributed by atoms with Crippen molar-refractivity contribution < 1.29 is 22.7 Å². The van der Waals surface area contributed by atoms with Crippen LogP contribution in [0.5, 0.6) is 11.5 Å². The second-order valence-corrected chi connectivity index (χ2v) is 8.28. The quantitative estimate of drug-likeness (QED) is 0.361. The van der Waals surface area contributed by atoms with Gasteiger partial charge in [0.1, 0.15) is 17.3 Å². The number of piperazine rings is 1. The Morgan fingerprint density at radius 1 is 0.857 bits per heavy atom. The van der Waals surface area contributed by atoms with Gasteiger partial charge in [-0.15, -0.1) is 0 Å². The standard InChI is InChI=1S/C27H22F3N3O2/c28-27(29,30)21-8-10-22(11-9-21)35-24-5-3-4-19-18-20(7-12-23(19)24)26(34)33-16-14-32(15-17-33)25-6-1-2-13-31-25/h1-13,18H,14-17H2. The molecule has 5 rings (SSSR count). The van der Waals surface area contributed by atoms with Gasteiger partial charge in [0.05, 0.1) is 5.56 Å². The molecule has 0 aliphatic carbocycles. The van der Waals surface area contributed by atoms with E-state index in [2.05, 4.69) is 9.88 Å². The van der Waals surface area contributed by atoms with Crippen LogP contribution in [0.15, 0.2) is 85.1 Å². The lowest BCUT2D eigenvalue weighted by molar-refractivity contribution is -0.137. The summed E-state index contributed by atoms with van der Waals surface area (Å²) in [5.41, 5.74) is -0.151. The summed E-state index contributed by atoms with van der Waals surface area (Å²) in [6.07, 6.45) is -2.64. The molecule has 0 atom stereocenters. The molecule has 8 heteroatoms. The van der Waals surface area contributed by atoms with Gasteiger partial charge in [0.25, 0.3) is 5.91 Å². The third-order valence-corrected chi connectivity index (χ3v) is 6.04. The molecular weight excluding hydrogens is 455 g/mol. The Labute approximate surface area is 200 Å². The topological polar surface area (TPSA) is 45.7 Å². The maximum atomic E-state index is 13.1. The number of nitrogens with zero attached hydrogens (tertiary/aromatic N) is 3. The van der Waals surface area contributed by atoms with Gasteiger partial charge in [-0.05, 0) is 66.0 Å². The van der Waals surface area contributed by atoms with Crippen LogP contribution >= 0.6 is 0 Å². The number of hydrogen-bond acceptors (Lipinski definition) is 4. The summed E-state index contributed by atoms with van der Waals surface area (Å²) >= 11 is 0. The van der Waals surface area contributed by atoms with E-state index in [0.29, 0.717) is 43.2 Å². The van der Waals surface area contributed by atoms with Crippen LogP contribution in [-0.2, 0) is 6.18 Å². The minimum Gasteiger partial charge on any atom is -0.457 e. The SMILES string of the molecule is O=C(c1ccc2c(Oc3ccc(C(F)(F)F)cc3)cccc2c1)N1CCN(c2ccccn2)CC1. The molecule has 2 heterocycles. The first kappa shape index (κ1) is 22.7. The Morgan fingerprint density at radius 2 is 1.63 bits per heavy atom. The molecule has 1 saturated heterocycles. The maximum Gasteiger partial charge on any atom is 0.416 e. The van der Waals surface area contributed by atoms with E-state index < -0.39 is 11.7 Å². The van der Waals surface area contributed by atoms with E-state index in [1.807, 2.05) is 41.3 Å². The lowest BCUT2D eigenvalue weighted by Gasteiger charge is -2.35. The van der Waals surface area contributed by atoms with Gasteiger partial charge in [0.15, 0.2) is 0 Å². The molecule has 35 heavy (non-hydrogen) atoms. The summed E-state index contributed by atoms with van der Waals surface area (Å²) in [7, 11) is 0. The number of anilines is 1. The van der Waals surface area contributed by atoms with E-state index in [0.717, 1.165) is 28.7 Å². The van der Waals surface area contributed by atoms with E-state index in [1.165, 1.54) is 12.1 Å². The number of alkyl halides is 3. The molecule has 1 aromatic heterocycles. The van der Waals surface area contributed by atoms with Gasteiger partial charge >= 0.3 is 6.18 Å². The molecule has 178 valence electrons. The third kappa shape index (κ3) is 4.91. The summed E-state index contributed by atoms with van der Waals surface area (Å²) in [5, 5.41) is 1.58. The van der Waals surface area contributed by atoms with Crippen LogP contribution in [0.4, 0.5) is 19.0 Å². The summed E-state index contributed by atoms with van der Waals surface area (Å²) in [4.78, 5) is 21.5. The first-order chi connectivity index (χ1) is 16.9. The number of benzene rings is 3. The van der Waals surface area contributed by atoms with E-state index in [9.17, 15) is 18.0 Å². The number of ether oxygens (including phenoxy) is 1. The van der Waals surface area contributed by atoms with Gasteiger partial charge in [-0.2, -0.15) is 13.2 Å². The number of hydrogen-bond donors (Lipinski definition) is 0. The normalized spacial score (nSPS) is 14.3. The molecule has 0 saturated carbocycles. The van der Waals surface area contributed by atoms with Crippen molar-refractivity contribution in [3.63, 3.8) is 0 Å². The van der Waals surface area contributed by atoms with Crippen molar-refractivity contribution >= 4 is 22.5 Å². The Balaban J connectivity index is 1.30. The zero-order chi connectivity index (χ0) is 24.4. The van der Waals surface area contributed by atoms with Gasteiger partial charge in [-0.1, -0.05) is 18.2 Å². The minimum atomic E-state index is -4.40. The molecule has 1 amide bonds. The predicted molar refractivity (Wildman–Crippen MR) is 128 cm³/mol. The molecule has 5 nitrogen and oxygen atoms in total. The van der Waals surface area contributed by atoms with Crippen LogP contribution in [0.1, 0.15) is 15.9 Å². The molecule has 0 radical (unpaired) electrons. The van der Waals surface area contributed by atoms with Crippen molar-refractivity contribution in [2.24, 2.45) is 0 Å². The predicted octanol–water partition coefficient (Wildman–Crippen LogP) is 6.01. The van der Waals surface area contributed by atoms with Crippen LogP contribution in [-0.4, -0.2) is 42.0 Å². The summed E-state index contributed by atoms with van der Waals surface area (Å²) in [6, 6.07) is 21.2. The third-order valence-electron chi connectivity index (χ3n) is 6.04. The fraction of sp³-hybridized carbons (Fsp3) is 0.185. The Morgan fingerprint density at radius 3 is 2.31 bits per heavy atom. The zero-order valence-corrected chi connectivity index (χ0v) is 18.7. The monoisotopic (exact) mass is 477 g/mol. The molecule has 1 aliphatic rings. The van der Waals surface area contributed by atoms with Crippen LogP contribution in [0.3, 0.4) is 0 Å². The van der Waals surface area contributed by atoms with Crippen molar-refractivity contribution in [1.82, 2.24) is 9.88 Å². The highest BCUT2D eigenvalue weighted by molar-refractivity contribution is 6.00. The largest absolute Gasteiger partial charge is 0.457 e. The molecule has 0 unspecified atom stereocenters. The van der Waals surface area contributed by atoms with Crippen molar-refractivity contribution in [3.8, 4) is 11.5 Å².